The van der Waals surface area contributed by atoms with E-state index in [-0.39, 0.29) is 6.79 Å². The molecule has 3 rings (SSSR count). The summed E-state index contributed by atoms with van der Waals surface area (Å²) in [6.45, 7) is 4.32. The lowest BCUT2D eigenvalue weighted by molar-refractivity contribution is 0.173. The highest BCUT2D eigenvalue weighted by Gasteiger charge is 2.20. The van der Waals surface area contributed by atoms with Gasteiger partial charge in [-0.1, -0.05) is 25.5 Å². The van der Waals surface area contributed by atoms with E-state index in [0.29, 0.717) is 5.75 Å². The van der Waals surface area contributed by atoms with Crippen molar-refractivity contribution in [2.45, 2.75) is 32.8 Å². The van der Waals surface area contributed by atoms with Gasteiger partial charge < -0.3 is 14.6 Å². The van der Waals surface area contributed by atoms with Crippen LogP contribution in [0, 0.1) is 6.92 Å². The van der Waals surface area contributed by atoms with Crippen LogP contribution in [-0.2, 0) is 6.42 Å². The van der Waals surface area contributed by atoms with Gasteiger partial charge in [-0.2, -0.15) is 0 Å². The van der Waals surface area contributed by atoms with E-state index in [2.05, 4.69) is 11.9 Å². The molecule has 1 N–H and O–H groups in total. The van der Waals surface area contributed by atoms with E-state index in [1.165, 1.54) is 0 Å². The maximum Gasteiger partial charge on any atom is 0.231 e. The predicted octanol–water partition coefficient (Wildman–Crippen LogP) is 3.15. The number of aromatic nitrogens is 1. The monoisotopic (exact) mass is 285 g/mol. The molecule has 0 amide bonds. The van der Waals surface area contributed by atoms with Crippen molar-refractivity contribution in [3.63, 3.8) is 0 Å². The predicted molar refractivity (Wildman–Crippen MR) is 79.6 cm³/mol. The SMILES string of the molecule is CCCc1nc(C)ccc1[C@H](O)c1ccc2c(c1)OCO2. The van der Waals surface area contributed by atoms with Gasteiger partial charge in [0.15, 0.2) is 11.5 Å². The van der Waals surface area contributed by atoms with Crippen molar-refractivity contribution < 1.29 is 14.6 Å². The number of aliphatic hydroxyl groups is 1. The highest BCUT2D eigenvalue weighted by atomic mass is 16.7. The topological polar surface area (TPSA) is 51.6 Å². The number of pyridine rings is 1. The number of ether oxygens (including phenoxy) is 2. The Morgan fingerprint density at radius 3 is 2.81 bits per heavy atom. The molecule has 1 aliphatic rings. The van der Waals surface area contributed by atoms with E-state index in [9.17, 15) is 5.11 Å². The van der Waals surface area contributed by atoms with Crippen molar-refractivity contribution in [3.8, 4) is 11.5 Å². The number of rotatable bonds is 4. The smallest absolute Gasteiger partial charge is 0.231 e. The Bertz CT molecular complexity index is 654. The van der Waals surface area contributed by atoms with Gasteiger partial charge in [0.2, 0.25) is 6.79 Å². The maximum absolute atomic E-state index is 10.7. The summed E-state index contributed by atoms with van der Waals surface area (Å²) in [7, 11) is 0. The van der Waals surface area contributed by atoms with Crippen LogP contribution in [0.5, 0.6) is 11.5 Å². The van der Waals surface area contributed by atoms with Gasteiger partial charge in [0, 0.05) is 17.0 Å². The average molecular weight is 285 g/mol. The highest BCUT2D eigenvalue weighted by Crippen LogP contribution is 2.36. The standard InChI is InChI=1S/C17H19NO3/c1-3-4-14-13(7-5-11(2)18-14)17(19)12-6-8-15-16(9-12)21-10-20-15/h5-9,17,19H,3-4,10H2,1-2H3/t17-/m1/s1. The maximum atomic E-state index is 10.7. The van der Waals surface area contributed by atoms with Gasteiger partial charge in [0.05, 0.1) is 0 Å². The molecule has 0 saturated carbocycles. The molecule has 4 nitrogen and oxygen atoms in total. The lowest BCUT2D eigenvalue weighted by Crippen LogP contribution is -2.06. The molecule has 0 spiro atoms. The fourth-order valence-electron chi connectivity index (χ4n) is 2.57. The molecule has 1 aliphatic heterocycles. The fourth-order valence-corrected chi connectivity index (χ4v) is 2.57. The Morgan fingerprint density at radius 1 is 1.19 bits per heavy atom. The molecule has 4 heteroatoms. The van der Waals surface area contributed by atoms with Crippen molar-refractivity contribution in [2.24, 2.45) is 0 Å². The molecule has 0 unspecified atom stereocenters. The van der Waals surface area contributed by atoms with Crippen molar-refractivity contribution in [1.29, 1.82) is 0 Å². The second kappa shape index (κ2) is 5.74. The van der Waals surface area contributed by atoms with Crippen LogP contribution >= 0.6 is 0 Å². The zero-order chi connectivity index (χ0) is 14.8. The van der Waals surface area contributed by atoms with Crippen LogP contribution in [-0.4, -0.2) is 16.9 Å². The quantitative estimate of drug-likeness (QED) is 0.937. The second-order valence-electron chi connectivity index (χ2n) is 5.25. The molecule has 21 heavy (non-hydrogen) atoms. The van der Waals surface area contributed by atoms with Crippen LogP contribution in [0.25, 0.3) is 0 Å². The van der Waals surface area contributed by atoms with Gasteiger partial charge in [-0.3, -0.25) is 4.98 Å². The summed E-state index contributed by atoms with van der Waals surface area (Å²) in [5.41, 5.74) is 3.59. The Kier molecular flexibility index (Phi) is 3.80. The molecule has 0 saturated heterocycles. The number of hydrogen-bond donors (Lipinski definition) is 1. The van der Waals surface area contributed by atoms with Crippen LogP contribution in [0.4, 0.5) is 0 Å². The number of benzene rings is 1. The second-order valence-corrected chi connectivity index (χ2v) is 5.25. The summed E-state index contributed by atoms with van der Waals surface area (Å²) in [6.07, 6.45) is 1.16. The molecule has 2 aromatic rings. The van der Waals surface area contributed by atoms with Gasteiger partial charge in [0.25, 0.3) is 0 Å². The van der Waals surface area contributed by atoms with E-state index < -0.39 is 6.10 Å². The minimum Gasteiger partial charge on any atom is -0.454 e. The Morgan fingerprint density at radius 2 is 2.00 bits per heavy atom. The van der Waals surface area contributed by atoms with Crippen molar-refractivity contribution in [3.05, 3.63) is 52.8 Å². The molecule has 1 aromatic heterocycles. The molecule has 1 aromatic carbocycles. The van der Waals surface area contributed by atoms with Gasteiger partial charge >= 0.3 is 0 Å². The average Bonchev–Trinajstić information content (AvgIpc) is 2.94. The molecular formula is C17H19NO3. The lowest BCUT2D eigenvalue weighted by Gasteiger charge is -2.16. The number of hydrogen-bond acceptors (Lipinski definition) is 4. The van der Waals surface area contributed by atoms with Crippen LogP contribution in [0.2, 0.25) is 0 Å². The first-order valence-corrected chi connectivity index (χ1v) is 7.23. The lowest BCUT2D eigenvalue weighted by atomic mass is 9.97. The third kappa shape index (κ3) is 2.72. The van der Waals surface area contributed by atoms with Gasteiger partial charge in [-0.15, -0.1) is 0 Å². The Hall–Kier alpha value is -2.07. The van der Waals surface area contributed by atoms with Crippen molar-refractivity contribution in [1.82, 2.24) is 4.98 Å². The minimum absolute atomic E-state index is 0.238. The first kappa shape index (κ1) is 13.9. The zero-order valence-corrected chi connectivity index (χ0v) is 12.3. The number of aliphatic hydroxyl groups excluding tert-OH is 1. The number of aryl methyl sites for hydroxylation is 2. The fraction of sp³-hybridized carbons (Fsp3) is 0.353. The Labute approximate surface area is 124 Å². The van der Waals surface area contributed by atoms with E-state index in [4.69, 9.17) is 9.47 Å². The number of fused-ring (bicyclic) bond motifs is 1. The molecule has 0 bridgehead atoms. The molecular weight excluding hydrogens is 266 g/mol. The van der Waals surface area contributed by atoms with Gasteiger partial charge in [-0.05, 0) is 37.1 Å². The molecule has 110 valence electrons. The van der Waals surface area contributed by atoms with Gasteiger partial charge in [-0.25, -0.2) is 0 Å². The highest BCUT2D eigenvalue weighted by molar-refractivity contribution is 5.47. The van der Waals surface area contributed by atoms with Crippen molar-refractivity contribution >= 4 is 0 Å². The largest absolute Gasteiger partial charge is 0.454 e. The first-order chi connectivity index (χ1) is 10.2. The molecule has 0 fully saturated rings. The summed E-state index contributed by atoms with van der Waals surface area (Å²) in [5.74, 6) is 1.41. The van der Waals surface area contributed by atoms with Crippen LogP contribution in [0.3, 0.4) is 0 Å². The normalized spacial score (nSPS) is 14.2. The third-order valence-corrected chi connectivity index (χ3v) is 3.64. The van der Waals surface area contributed by atoms with E-state index in [1.54, 1.807) is 0 Å². The summed E-state index contributed by atoms with van der Waals surface area (Å²) in [6, 6.07) is 9.44. The van der Waals surface area contributed by atoms with E-state index in [1.807, 2.05) is 37.3 Å². The summed E-state index contributed by atoms with van der Waals surface area (Å²) in [5, 5.41) is 10.7. The summed E-state index contributed by atoms with van der Waals surface area (Å²) >= 11 is 0. The van der Waals surface area contributed by atoms with Crippen LogP contribution in [0.15, 0.2) is 30.3 Å². The van der Waals surface area contributed by atoms with E-state index in [0.717, 1.165) is 41.1 Å². The van der Waals surface area contributed by atoms with Crippen LogP contribution < -0.4 is 9.47 Å². The first-order valence-electron chi connectivity index (χ1n) is 7.23. The van der Waals surface area contributed by atoms with E-state index >= 15 is 0 Å². The van der Waals surface area contributed by atoms with Crippen LogP contribution in [0.1, 0.15) is 42.0 Å². The molecule has 2 heterocycles. The summed E-state index contributed by atoms with van der Waals surface area (Å²) in [4.78, 5) is 4.57. The summed E-state index contributed by atoms with van der Waals surface area (Å²) < 4.78 is 10.7. The third-order valence-electron chi connectivity index (χ3n) is 3.64. The van der Waals surface area contributed by atoms with Gasteiger partial charge in [0.1, 0.15) is 6.10 Å². The molecule has 0 aliphatic carbocycles. The zero-order valence-electron chi connectivity index (χ0n) is 12.3. The molecule has 0 radical (unpaired) electrons. The molecule has 1 atom stereocenters. The number of nitrogens with zero attached hydrogens (tertiary/aromatic N) is 1. The minimum atomic E-state index is -0.700. The van der Waals surface area contributed by atoms with Crippen molar-refractivity contribution in [2.75, 3.05) is 6.79 Å². The Balaban J connectivity index is 1.96.